The molecule has 3 heteroatoms. The van der Waals surface area contributed by atoms with Gasteiger partial charge < -0.3 is 4.74 Å². The zero-order valence-corrected chi connectivity index (χ0v) is 14.5. The molecule has 3 nitrogen and oxygen atoms in total. The first-order valence-corrected chi connectivity index (χ1v) is 8.53. The second kappa shape index (κ2) is 6.94. The van der Waals surface area contributed by atoms with Crippen molar-refractivity contribution in [1.82, 2.24) is 0 Å². The monoisotopic (exact) mass is 332 g/mol. The number of esters is 1. The van der Waals surface area contributed by atoms with Crippen LogP contribution < -0.4 is 0 Å². The number of fused-ring (bicyclic) bond motifs is 3. The molecule has 25 heavy (non-hydrogen) atoms. The lowest BCUT2D eigenvalue weighted by Gasteiger charge is -2.33. The average molecular weight is 332 g/mol. The topological polar surface area (TPSA) is 43.4 Å². The van der Waals surface area contributed by atoms with Crippen molar-refractivity contribution in [3.05, 3.63) is 59.7 Å². The van der Waals surface area contributed by atoms with E-state index in [-0.39, 0.29) is 5.78 Å². The molecule has 0 saturated carbocycles. The highest BCUT2D eigenvalue weighted by atomic mass is 16.6. The van der Waals surface area contributed by atoms with Gasteiger partial charge in [0.1, 0.15) is 0 Å². The van der Waals surface area contributed by atoms with Crippen molar-refractivity contribution in [2.45, 2.75) is 38.7 Å². The summed E-state index contributed by atoms with van der Waals surface area (Å²) in [4.78, 5) is 25.2. The van der Waals surface area contributed by atoms with Gasteiger partial charge in [0.05, 0.1) is 0 Å². The van der Waals surface area contributed by atoms with E-state index >= 15 is 0 Å². The highest BCUT2D eigenvalue weighted by molar-refractivity contribution is 6.14. The highest BCUT2D eigenvalue weighted by Gasteiger charge is 2.48. The minimum atomic E-state index is -1.56. The maximum Gasteiger partial charge on any atom is 0.304 e. The summed E-state index contributed by atoms with van der Waals surface area (Å²) in [6.07, 6.45) is 2.62. The zero-order chi connectivity index (χ0) is 17.9. The van der Waals surface area contributed by atoms with Crippen LogP contribution in [0.5, 0.6) is 0 Å². The third kappa shape index (κ3) is 2.96. The van der Waals surface area contributed by atoms with E-state index in [0.29, 0.717) is 17.5 Å². The molecule has 3 rings (SSSR count). The summed E-state index contributed by atoms with van der Waals surface area (Å²) in [6.45, 7) is 3.40. The quantitative estimate of drug-likeness (QED) is 0.472. The predicted octanol–water partition coefficient (Wildman–Crippen LogP) is 4.50. The Hall–Kier alpha value is -2.86. The average Bonchev–Trinajstić information content (AvgIpc) is 2.63. The Bertz CT molecular complexity index is 885. The molecule has 1 aliphatic rings. The molecule has 1 atom stereocenters. The molecule has 1 unspecified atom stereocenters. The Labute approximate surface area is 148 Å². The number of Topliss-reactive ketones (excluding diaryl/α,β-unsaturated/α-hetero) is 1. The minimum absolute atomic E-state index is 0.277. The van der Waals surface area contributed by atoms with Crippen LogP contribution in [0.15, 0.2) is 48.5 Å². The SMILES string of the molecule is CCCCC#CC1(OC(C)=O)C(=O)c2ccccc2-c2ccccc21. The van der Waals surface area contributed by atoms with Crippen molar-refractivity contribution >= 4 is 11.8 Å². The van der Waals surface area contributed by atoms with E-state index in [2.05, 4.69) is 18.8 Å². The first kappa shape index (κ1) is 17.0. The number of rotatable bonds is 3. The van der Waals surface area contributed by atoms with Crippen molar-refractivity contribution in [2.24, 2.45) is 0 Å². The maximum atomic E-state index is 13.3. The molecule has 0 aromatic heterocycles. The van der Waals surface area contributed by atoms with Crippen molar-refractivity contribution in [3.63, 3.8) is 0 Å². The van der Waals surface area contributed by atoms with Crippen LogP contribution in [-0.4, -0.2) is 11.8 Å². The van der Waals surface area contributed by atoms with Crippen molar-refractivity contribution < 1.29 is 14.3 Å². The Morgan fingerprint density at radius 2 is 1.68 bits per heavy atom. The van der Waals surface area contributed by atoms with Crippen LogP contribution in [-0.2, 0) is 15.1 Å². The molecule has 0 heterocycles. The molecule has 0 saturated heterocycles. The summed E-state index contributed by atoms with van der Waals surface area (Å²) in [5.74, 6) is 5.26. The first-order chi connectivity index (χ1) is 12.1. The first-order valence-electron chi connectivity index (χ1n) is 8.53. The molecule has 2 aromatic carbocycles. The van der Waals surface area contributed by atoms with Gasteiger partial charge in [0.15, 0.2) is 0 Å². The van der Waals surface area contributed by atoms with E-state index in [9.17, 15) is 9.59 Å². The van der Waals surface area contributed by atoms with E-state index in [1.54, 1.807) is 6.07 Å². The second-order valence-electron chi connectivity index (χ2n) is 6.10. The van der Waals surface area contributed by atoms with Gasteiger partial charge in [-0.3, -0.25) is 9.59 Å². The number of hydrogen-bond donors (Lipinski definition) is 0. The fourth-order valence-electron chi connectivity index (χ4n) is 3.17. The third-order valence-corrected chi connectivity index (χ3v) is 4.30. The number of benzene rings is 2. The second-order valence-corrected chi connectivity index (χ2v) is 6.10. The standard InChI is InChI=1S/C22H20O3/c1-3-4-5-10-15-22(25-16(2)23)20-14-9-8-12-18(20)17-11-6-7-13-19(17)21(22)24/h6-9,11-14H,3-5H2,1-2H3. The van der Waals surface area contributed by atoms with Gasteiger partial charge in [-0.1, -0.05) is 67.8 Å². The molecule has 2 aromatic rings. The van der Waals surface area contributed by atoms with Crippen LogP contribution in [0.2, 0.25) is 0 Å². The van der Waals surface area contributed by atoms with Gasteiger partial charge in [0.2, 0.25) is 5.78 Å². The van der Waals surface area contributed by atoms with Crippen molar-refractivity contribution in [3.8, 4) is 23.0 Å². The smallest absolute Gasteiger partial charge is 0.304 e. The maximum absolute atomic E-state index is 13.3. The molecule has 0 radical (unpaired) electrons. The molecule has 0 spiro atoms. The Morgan fingerprint density at radius 3 is 2.36 bits per heavy atom. The summed E-state index contributed by atoms with van der Waals surface area (Å²) in [5, 5.41) is 0. The number of hydrogen-bond acceptors (Lipinski definition) is 3. The number of unbranched alkanes of at least 4 members (excludes halogenated alkanes) is 2. The van der Waals surface area contributed by atoms with Crippen molar-refractivity contribution in [1.29, 1.82) is 0 Å². The molecule has 126 valence electrons. The summed E-state index contributed by atoms with van der Waals surface area (Å²) in [5.41, 5.74) is 1.33. The van der Waals surface area contributed by atoms with Gasteiger partial charge in [-0.25, -0.2) is 0 Å². The molecule has 0 aliphatic heterocycles. The van der Waals surface area contributed by atoms with Gasteiger partial charge in [-0.2, -0.15) is 0 Å². The number of ketones is 1. The van der Waals surface area contributed by atoms with Crippen molar-refractivity contribution in [2.75, 3.05) is 0 Å². The van der Waals surface area contributed by atoms with Crippen LogP contribution in [0.1, 0.15) is 49.0 Å². The lowest BCUT2D eigenvalue weighted by molar-refractivity contribution is -0.149. The fraction of sp³-hybridized carbons (Fsp3) is 0.273. The number of carbonyl (C=O) groups is 2. The summed E-state index contributed by atoms with van der Waals surface area (Å²) < 4.78 is 5.59. The third-order valence-electron chi connectivity index (χ3n) is 4.30. The van der Waals surface area contributed by atoms with Crippen LogP contribution in [0.25, 0.3) is 11.1 Å². The van der Waals surface area contributed by atoms with Gasteiger partial charge in [0, 0.05) is 24.5 Å². The van der Waals surface area contributed by atoms with Crippen LogP contribution in [0.4, 0.5) is 0 Å². The molecule has 0 fully saturated rings. The predicted molar refractivity (Wildman–Crippen MR) is 97.0 cm³/mol. The lowest BCUT2D eigenvalue weighted by Crippen LogP contribution is -2.42. The zero-order valence-electron chi connectivity index (χ0n) is 14.5. The van der Waals surface area contributed by atoms with Crippen LogP contribution in [0.3, 0.4) is 0 Å². The largest absolute Gasteiger partial charge is 0.434 e. The molecule has 0 bridgehead atoms. The van der Waals surface area contributed by atoms with E-state index in [1.807, 2.05) is 42.5 Å². The molecular formula is C22H20O3. The Morgan fingerprint density at radius 1 is 1.04 bits per heavy atom. The van der Waals surface area contributed by atoms with E-state index in [1.165, 1.54) is 6.92 Å². The molecule has 0 amide bonds. The Kier molecular flexibility index (Phi) is 4.72. The fourth-order valence-corrected chi connectivity index (χ4v) is 3.17. The summed E-state index contributed by atoms with van der Waals surface area (Å²) in [6, 6.07) is 14.9. The lowest BCUT2D eigenvalue weighted by atomic mass is 9.74. The molecule has 1 aliphatic carbocycles. The van der Waals surface area contributed by atoms with Crippen LogP contribution in [0, 0.1) is 11.8 Å². The van der Waals surface area contributed by atoms with E-state index in [4.69, 9.17) is 4.74 Å². The molecular weight excluding hydrogens is 312 g/mol. The van der Waals surface area contributed by atoms with Gasteiger partial charge in [-0.05, 0) is 23.5 Å². The molecule has 0 N–H and O–H groups in total. The van der Waals surface area contributed by atoms with Gasteiger partial charge in [-0.15, -0.1) is 0 Å². The number of ether oxygens (including phenoxy) is 1. The normalized spacial score (nSPS) is 17.8. The van der Waals surface area contributed by atoms with Crippen LogP contribution >= 0.6 is 0 Å². The highest BCUT2D eigenvalue weighted by Crippen LogP contribution is 2.43. The Balaban J connectivity index is 2.24. The van der Waals surface area contributed by atoms with E-state index in [0.717, 1.165) is 24.0 Å². The summed E-state index contributed by atoms with van der Waals surface area (Å²) >= 11 is 0. The summed E-state index contributed by atoms with van der Waals surface area (Å²) in [7, 11) is 0. The van der Waals surface area contributed by atoms with Gasteiger partial charge in [0.25, 0.3) is 5.60 Å². The van der Waals surface area contributed by atoms with E-state index < -0.39 is 11.6 Å². The van der Waals surface area contributed by atoms with Gasteiger partial charge >= 0.3 is 5.97 Å². The minimum Gasteiger partial charge on any atom is -0.434 e. The number of carbonyl (C=O) groups excluding carboxylic acids is 2.